The van der Waals surface area contributed by atoms with Crippen LogP contribution in [0, 0.1) is 10.1 Å². The highest BCUT2D eigenvalue weighted by molar-refractivity contribution is 6.07. The summed E-state index contributed by atoms with van der Waals surface area (Å²) in [6.07, 6.45) is 1.83. The van der Waals surface area contributed by atoms with Crippen LogP contribution in [0.3, 0.4) is 0 Å². The highest BCUT2D eigenvalue weighted by Crippen LogP contribution is 2.43. The zero-order chi connectivity index (χ0) is 19.8. The fourth-order valence-electron chi connectivity index (χ4n) is 4.01. The van der Waals surface area contributed by atoms with Crippen molar-refractivity contribution in [3.05, 3.63) is 75.5 Å². The molecule has 0 bridgehead atoms. The van der Waals surface area contributed by atoms with Crippen molar-refractivity contribution in [3.63, 3.8) is 0 Å². The number of hydrogen-bond acceptors (Lipinski definition) is 5. The molecule has 0 fully saturated rings. The van der Waals surface area contributed by atoms with E-state index >= 15 is 0 Å². The van der Waals surface area contributed by atoms with Gasteiger partial charge in [-0.3, -0.25) is 24.6 Å². The van der Waals surface area contributed by atoms with E-state index in [1.54, 1.807) is 36.4 Å². The number of phenolic OH excluding ortho intramolecular Hbond substituents is 1. The summed E-state index contributed by atoms with van der Waals surface area (Å²) in [6.45, 7) is 0. The summed E-state index contributed by atoms with van der Waals surface area (Å²) in [5.74, 6) is -0.341. The molecule has 28 heavy (non-hydrogen) atoms. The smallest absolute Gasteiger partial charge is 0.269 e. The van der Waals surface area contributed by atoms with Gasteiger partial charge in [0.1, 0.15) is 5.75 Å². The second-order valence-electron chi connectivity index (χ2n) is 6.99. The minimum atomic E-state index is -0.489. The highest BCUT2D eigenvalue weighted by Gasteiger charge is 2.39. The normalized spacial score (nSPS) is 19.6. The average Bonchev–Trinajstić information content (AvgIpc) is 2.68. The van der Waals surface area contributed by atoms with Gasteiger partial charge < -0.3 is 5.11 Å². The molecule has 0 saturated heterocycles. The molecule has 0 saturated carbocycles. The van der Waals surface area contributed by atoms with Gasteiger partial charge in [-0.2, -0.15) is 0 Å². The Hall–Kier alpha value is -3.48. The standard InChI is InChI=1S/C21H18N2O5/c24-16-10-4-13(5-11-16)17-12-20(26)22(18-2-1-3-19(25)21(17)18)14-6-8-15(9-7-14)23(27)28/h4-11,17,24H,1-3,12H2. The van der Waals surface area contributed by atoms with E-state index in [1.165, 1.54) is 17.0 Å². The molecule has 1 amide bonds. The number of nitro groups is 1. The molecule has 0 aromatic heterocycles. The van der Waals surface area contributed by atoms with Crippen LogP contribution in [0.15, 0.2) is 59.8 Å². The molecule has 1 heterocycles. The Labute approximate surface area is 161 Å². The quantitative estimate of drug-likeness (QED) is 0.646. The molecule has 0 radical (unpaired) electrons. The number of amides is 1. The van der Waals surface area contributed by atoms with E-state index < -0.39 is 4.92 Å². The number of carbonyl (C=O) groups is 2. The predicted molar refractivity (Wildman–Crippen MR) is 102 cm³/mol. The van der Waals surface area contributed by atoms with Crippen LogP contribution < -0.4 is 4.90 Å². The summed E-state index contributed by atoms with van der Waals surface area (Å²) in [7, 11) is 0. The molecule has 2 aliphatic rings. The second-order valence-corrected chi connectivity index (χ2v) is 6.99. The number of Topliss-reactive ketones (excluding diaryl/α,β-unsaturated/α-hetero) is 1. The lowest BCUT2D eigenvalue weighted by Crippen LogP contribution is -2.40. The molecule has 7 nitrogen and oxygen atoms in total. The number of nitrogens with zero attached hydrogens (tertiary/aromatic N) is 2. The van der Waals surface area contributed by atoms with Gasteiger partial charge in [0.2, 0.25) is 5.91 Å². The van der Waals surface area contributed by atoms with Crippen molar-refractivity contribution in [1.29, 1.82) is 0 Å². The fraction of sp³-hybridized carbons (Fsp3) is 0.238. The molecule has 2 aromatic carbocycles. The summed E-state index contributed by atoms with van der Waals surface area (Å²) >= 11 is 0. The van der Waals surface area contributed by atoms with Gasteiger partial charge in [-0.15, -0.1) is 0 Å². The van der Waals surface area contributed by atoms with Gasteiger partial charge in [0.15, 0.2) is 5.78 Å². The van der Waals surface area contributed by atoms with Crippen molar-refractivity contribution in [2.75, 3.05) is 4.90 Å². The molecule has 1 aliphatic heterocycles. The lowest BCUT2D eigenvalue weighted by atomic mass is 9.77. The molecular formula is C21H18N2O5. The van der Waals surface area contributed by atoms with Crippen molar-refractivity contribution >= 4 is 23.1 Å². The van der Waals surface area contributed by atoms with Gasteiger partial charge in [0.05, 0.1) is 4.92 Å². The predicted octanol–water partition coefficient (Wildman–Crippen LogP) is 3.83. The van der Waals surface area contributed by atoms with Crippen LogP contribution in [0.1, 0.15) is 37.2 Å². The molecular weight excluding hydrogens is 360 g/mol. The largest absolute Gasteiger partial charge is 0.508 e. The van der Waals surface area contributed by atoms with E-state index in [1.807, 2.05) is 0 Å². The Bertz CT molecular complexity index is 992. The van der Waals surface area contributed by atoms with Crippen LogP contribution in [0.4, 0.5) is 11.4 Å². The van der Waals surface area contributed by atoms with Gasteiger partial charge in [-0.1, -0.05) is 12.1 Å². The first kappa shape index (κ1) is 17.9. The summed E-state index contributed by atoms with van der Waals surface area (Å²) in [4.78, 5) is 37.7. The third-order valence-electron chi connectivity index (χ3n) is 5.29. The number of non-ortho nitro benzene ring substituents is 1. The lowest BCUT2D eigenvalue weighted by molar-refractivity contribution is -0.384. The van der Waals surface area contributed by atoms with E-state index in [4.69, 9.17) is 0 Å². The third kappa shape index (κ3) is 3.05. The zero-order valence-corrected chi connectivity index (χ0v) is 15.0. The SMILES string of the molecule is O=C1CCCC2=C1C(c1ccc(O)cc1)CC(=O)N2c1ccc([N+](=O)[O-])cc1. The molecule has 1 aliphatic carbocycles. The summed E-state index contributed by atoms with van der Waals surface area (Å²) in [5.41, 5.74) is 2.61. The average molecular weight is 378 g/mol. The number of nitro benzene ring substituents is 1. The zero-order valence-electron chi connectivity index (χ0n) is 15.0. The second kappa shape index (κ2) is 6.92. The molecule has 142 valence electrons. The minimum Gasteiger partial charge on any atom is -0.508 e. The Morgan fingerprint density at radius 2 is 1.68 bits per heavy atom. The van der Waals surface area contributed by atoms with Gasteiger partial charge in [0, 0.05) is 47.8 Å². The maximum absolute atomic E-state index is 13.0. The minimum absolute atomic E-state index is 0.0266. The summed E-state index contributed by atoms with van der Waals surface area (Å²) in [5, 5.41) is 20.4. The summed E-state index contributed by atoms with van der Waals surface area (Å²) < 4.78 is 0. The maximum atomic E-state index is 13.0. The monoisotopic (exact) mass is 378 g/mol. The third-order valence-corrected chi connectivity index (χ3v) is 5.29. The number of hydrogen-bond donors (Lipinski definition) is 1. The first-order valence-corrected chi connectivity index (χ1v) is 9.08. The van der Waals surface area contributed by atoms with Crippen LogP contribution in [0.25, 0.3) is 0 Å². The van der Waals surface area contributed by atoms with Crippen molar-refractivity contribution in [2.45, 2.75) is 31.6 Å². The van der Waals surface area contributed by atoms with Crippen LogP contribution >= 0.6 is 0 Å². The van der Waals surface area contributed by atoms with Gasteiger partial charge in [-0.05, 0) is 42.7 Å². The Balaban J connectivity index is 1.80. The number of anilines is 1. The molecule has 1 unspecified atom stereocenters. The topological polar surface area (TPSA) is 101 Å². The van der Waals surface area contributed by atoms with Crippen LogP contribution in [0.2, 0.25) is 0 Å². The van der Waals surface area contributed by atoms with Crippen molar-refractivity contribution < 1.29 is 19.6 Å². The molecule has 4 rings (SSSR count). The Kier molecular flexibility index (Phi) is 4.43. The van der Waals surface area contributed by atoms with Crippen LogP contribution in [0.5, 0.6) is 5.75 Å². The number of rotatable bonds is 3. The molecule has 2 aromatic rings. The molecule has 7 heteroatoms. The van der Waals surface area contributed by atoms with Gasteiger partial charge in [-0.25, -0.2) is 0 Å². The highest BCUT2D eigenvalue weighted by atomic mass is 16.6. The van der Waals surface area contributed by atoms with Gasteiger partial charge >= 0.3 is 0 Å². The number of phenols is 1. The number of ketones is 1. The lowest BCUT2D eigenvalue weighted by Gasteiger charge is -2.38. The van der Waals surface area contributed by atoms with E-state index in [2.05, 4.69) is 0 Å². The number of benzene rings is 2. The maximum Gasteiger partial charge on any atom is 0.269 e. The van der Waals surface area contributed by atoms with Crippen LogP contribution in [-0.4, -0.2) is 21.7 Å². The molecule has 1 N–H and O–H groups in total. The van der Waals surface area contributed by atoms with Crippen molar-refractivity contribution in [1.82, 2.24) is 0 Å². The molecule has 0 spiro atoms. The first-order valence-electron chi connectivity index (χ1n) is 9.08. The Morgan fingerprint density at radius 1 is 1.00 bits per heavy atom. The van der Waals surface area contributed by atoms with E-state index in [-0.39, 0.29) is 35.5 Å². The summed E-state index contributed by atoms with van der Waals surface area (Å²) in [6, 6.07) is 12.4. The van der Waals surface area contributed by atoms with E-state index in [0.29, 0.717) is 36.2 Å². The number of allylic oxidation sites excluding steroid dienone is 2. The number of carbonyl (C=O) groups excluding carboxylic acids is 2. The Morgan fingerprint density at radius 3 is 2.32 bits per heavy atom. The first-order chi connectivity index (χ1) is 13.5. The van der Waals surface area contributed by atoms with Crippen LogP contribution in [-0.2, 0) is 9.59 Å². The van der Waals surface area contributed by atoms with Crippen molar-refractivity contribution in [3.8, 4) is 5.75 Å². The molecule has 1 atom stereocenters. The van der Waals surface area contributed by atoms with Gasteiger partial charge in [0.25, 0.3) is 5.69 Å². The van der Waals surface area contributed by atoms with E-state index in [9.17, 15) is 24.8 Å². The van der Waals surface area contributed by atoms with E-state index in [0.717, 1.165) is 5.56 Å². The fourth-order valence-corrected chi connectivity index (χ4v) is 4.01. The van der Waals surface area contributed by atoms with Crippen molar-refractivity contribution in [2.24, 2.45) is 0 Å². The number of aromatic hydroxyl groups is 1.